The largest absolute Gasteiger partial charge is 0.741 e. The predicted molar refractivity (Wildman–Crippen MR) is 274 cm³/mol. The average molecular weight is 875 g/mol. The number of nitrogens with one attached hydrogen (secondary N) is 1. The minimum absolute atomic E-state index is 0.0192. The maximum absolute atomic E-state index is 17.7. The molecule has 11 rings (SSSR count). The molecule has 0 saturated heterocycles. The first-order chi connectivity index (χ1) is 31.0. The van der Waals surface area contributed by atoms with Crippen molar-refractivity contribution in [3.63, 3.8) is 0 Å². The fourth-order valence-electron chi connectivity index (χ4n) is 10.4. The van der Waals surface area contributed by atoms with E-state index >= 15 is 8.63 Å². The van der Waals surface area contributed by atoms with E-state index in [1.54, 1.807) is 12.1 Å². The van der Waals surface area contributed by atoms with Gasteiger partial charge in [-0.1, -0.05) is 107 Å². The first-order valence-electron chi connectivity index (χ1n) is 23.4. The van der Waals surface area contributed by atoms with Crippen molar-refractivity contribution < 1.29 is 17.6 Å². The molecular formula is C58H59BF2N5+. The predicted octanol–water partition coefficient (Wildman–Crippen LogP) is 14.8. The van der Waals surface area contributed by atoms with Gasteiger partial charge in [0.25, 0.3) is 0 Å². The summed E-state index contributed by atoms with van der Waals surface area (Å²) >= 11 is 0. The molecule has 0 atom stereocenters. The van der Waals surface area contributed by atoms with Crippen molar-refractivity contribution in [2.24, 2.45) is 0 Å². The maximum atomic E-state index is 17.7. The summed E-state index contributed by atoms with van der Waals surface area (Å²) in [5.74, 6) is 0.707. The molecule has 1 aliphatic rings. The van der Waals surface area contributed by atoms with E-state index in [2.05, 4.69) is 182 Å². The van der Waals surface area contributed by atoms with E-state index in [-0.39, 0.29) is 21.7 Å². The molecule has 0 fully saturated rings. The SMILES string of the molecule is CC(C)(C)c1ccc2c(c1)c1cc(C(C)(C)C)ccc1n2-c1ccc2c(ccc3[n+]2[B-](F)(F)[n+]2c(ccc4cc(-n5c6ccc(C(C)(C)C)cc6c6cc(C(C)(C)C)ccc65)ccc42)N3)c1. The zero-order valence-corrected chi connectivity index (χ0v) is 40.3. The van der Waals surface area contributed by atoms with E-state index in [1.807, 2.05) is 36.4 Å². The smallest absolute Gasteiger partial charge is 0.391 e. The van der Waals surface area contributed by atoms with Crippen LogP contribution in [0.3, 0.4) is 0 Å². The molecule has 0 aliphatic carbocycles. The van der Waals surface area contributed by atoms with Crippen molar-refractivity contribution in [3.8, 4) is 11.4 Å². The number of nitrogens with zero attached hydrogens (tertiary/aromatic N) is 4. The molecule has 4 aromatic heterocycles. The number of benzene rings is 6. The summed E-state index contributed by atoms with van der Waals surface area (Å²) in [5.41, 5.74) is 12.1. The highest BCUT2D eigenvalue weighted by molar-refractivity contribution is 6.49. The van der Waals surface area contributed by atoms with E-state index in [1.165, 1.54) is 52.8 Å². The number of pyridine rings is 2. The van der Waals surface area contributed by atoms with Gasteiger partial charge in [-0.2, -0.15) is 0 Å². The summed E-state index contributed by atoms with van der Waals surface area (Å²) in [4.78, 5) is 0. The highest BCUT2D eigenvalue weighted by atomic mass is 19.2. The van der Waals surface area contributed by atoms with Gasteiger partial charge in [-0.05, 0) is 141 Å². The van der Waals surface area contributed by atoms with Gasteiger partial charge in [0.2, 0.25) is 11.6 Å². The Morgan fingerprint density at radius 3 is 0.970 bits per heavy atom. The lowest BCUT2D eigenvalue weighted by atomic mass is 9.85. The van der Waals surface area contributed by atoms with Gasteiger partial charge in [0.05, 0.1) is 33.1 Å². The van der Waals surface area contributed by atoms with Crippen molar-refractivity contribution in [3.05, 3.63) is 156 Å². The Kier molecular flexibility index (Phi) is 8.78. The molecule has 332 valence electrons. The number of halogens is 2. The van der Waals surface area contributed by atoms with Crippen LogP contribution in [0.4, 0.5) is 20.3 Å². The van der Waals surface area contributed by atoms with Crippen LogP contribution < -0.4 is 14.3 Å². The van der Waals surface area contributed by atoms with Crippen LogP contribution in [0.25, 0.3) is 76.8 Å². The molecule has 1 N–H and O–H groups in total. The molecule has 5 nitrogen and oxygen atoms in total. The Hall–Kier alpha value is -6.54. The lowest BCUT2D eigenvalue weighted by Crippen LogP contribution is -2.80. The fourth-order valence-corrected chi connectivity index (χ4v) is 10.4. The van der Waals surface area contributed by atoms with Crippen LogP contribution in [0.1, 0.15) is 105 Å². The first kappa shape index (κ1) is 42.1. The Morgan fingerprint density at radius 1 is 0.379 bits per heavy atom. The molecule has 5 heterocycles. The minimum Gasteiger partial charge on any atom is -0.391 e. The zero-order valence-electron chi connectivity index (χ0n) is 40.3. The van der Waals surface area contributed by atoms with Crippen molar-refractivity contribution in [2.45, 2.75) is 105 Å². The monoisotopic (exact) mass is 874 g/mol. The van der Waals surface area contributed by atoms with Gasteiger partial charge in [-0.15, -0.1) is 0 Å². The third-order valence-electron chi connectivity index (χ3n) is 14.3. The third-order valence-corrected chi connectivity index (χ3v) is 14.3. The van der Waals surface area contributed by atoms with E-state index in [9.17, 15) is 0 Å². The molecule has 1 aliphatic heterocycles. The van der Waals surface area contributed by atoms with Gasteiger partial charge < -0.3 is 26.7 Å². The van der Waals surface area contributed by atoms with E-state index in [4.69, 9.17) is 0 Å². The quantitative estimate of drug-likeness (QED) is 0.172. The number of hydrogen-bond donors (Lipinski definition) is 1. The summed E-state index contributed by atoms with van der Waals surface area (Å²) in [6.45, 7) is 22.6. The lowest BCUT2D eigenvalue weighted by molar-refractivity contribution is -0.682. The molecule has 10 aromatic rings. The fraction of sp³-hybridized carbons (Fsp3) is 0.276. The molecule has 0 bridgehead atoms. The molecule has 6 aromatic carbocycles. The van der Waals surface area contributed by atoms with Gasteiger partial charge in [0.15, 0.2) is 0 Å². The second-order valence-electron chi connectivity index (χ2n) is 23.0. The summed E-state index contributed by atoms with van der Waals surface area (Å²) in [5, 5.41) is 9.60. The van der Waals surface area contributed by atoms with Crippen LogP contribution in [-0.4, -0.2) is 16.1 Å². The van der Waals surface area contributed by atoms with Gasteiger partial charge >= 0.3 is 6.97 Å². The molecule has 0 amide bonds. The van der Waals surface area contributed by atoms with E-state index < -0.39 is 6.97 Å². The van der Waals surface area contributed by atoms with Crippen molar-refractivity contribution in [1.82, 2.24) is 9.13 Å². The zero-order chi connectivity index (χ0) is 46.6. The summed E-state index contributed by atoms with van der Waals surface area (Å²) in [6.07, 6.45) is 0. The summed E-state index contributed by atoms with van der Waals surface area (Å²) in [7, 11) is 0. The van der Waals surface area contributed by atoms with Crippen LogP contribution in [-0.2, 0) is 21.7 Å². The second-order valence-corrected chi connectivity index (χ2v) is 23.0. The minimum atomic E-state index is -4.35. The first-order valence-corrected chi connectivity index (χ1v) is 23.4. The maximum Gasteiger partial charge on any atom is 0.741 e. The van der Waals surface area contributed by atoms with Gasteiger partial charge in [-0.25, -0.2) is 5.32 Å². The van der Waals surface area contributed by atoms with Crippen molar-refractivity contribution >= 4 is 84.0 Å². The number of anilines is 2. The Balaban J connectivity index is 1.05. The Bertz CT molecular complexity index is 3310. The van der Waals surface area contributed by atoms with Gasteiger partial charge in [0, 0.05) is 55.8 Å². The average Bonchev–Trinajstić information content (AvgIpc) is 3.76. The van der Waals surface area contributed by atoms with E-state index in [0.29, 0.717) is 22.7 Å². The Morgan fingerprint density at radius 2 is 0.682 bits per heavy atom. The molecule has 66 heavy (non-hydrogen) atoms. The summed E-state index contributed by atoms with van der Waals surface area (Å²) in [6, 6.07) is 46.4. The number of aromatic nitrogens is 4. The number of hydrogen-bond acceptors (Lipinski definition) is 1. The number of fused-ring (bicyclic) bond motifs is 12. The Labute approximate surface area is 386 Å². The summed E-state index contributed by atoms with van der Waals surface area (Å²) < 4.78 is 42.4. The molecule has 0 saturated carbocycles. The van der Waals surface area contributed by atoms with Crippen molar-refractivity contribution in [1.29, 1.82) is 0 Å². The molecule has 8 heteroatoms. The molecule has 0 radical (unpaired) electrons. The third kappa shape index (κ3) is 6.38. The van der Waals surface area contributed by atoms with Crippen LogP contribution in [0, 0.1) is 0 Å². The second kappa shape index (κ2) is 13.8. The standard InChI is InChI=1S/C58H59BF2N5/c1-55(2,3)37-15-21-49-43(31-37)44-32-38(56(4,5)6)16-22-50(44)63(49)41-19-25-47-35(29-41)13-27-53-62-54-28-14-36-30-42(20-26-48(36)66(54)59(60,61)65(47)53)64-51-23-17-39(57(7,8)9)33-45(51)46-34-40(58(10,11)12)18-24-52(46)64/h13-34,62H,1-12H3/q+1. The van der Waals surface area contributed by atoms with Crippen LogP contribution in [0.5, 0.6) is 0 Å². The number of rotatable bonds is 2. The van der Waals surface area contributed by atoms with Crippen molar-refractivity contribution in [2.75, 3.05) is 5.32 Å². The molecule has 0 spiro atoms. The molecule has 0 unspecified atom stereocenters. The van der Waals surface area contributed by atoms with E-state index in [0.717, 1.165) is 44.2 Å². The van der Waals surface area contributed by atoms with Crippen LogP contribution >= 0.6 is 0 Å². The van der Waals surface area contributed by atoms with Gasteiger partial charge in [-0.3, -0.25) is 0 Å². The van der Waals surface area contributed by atoms with Gasteiger partial charge in [0.1, 0.15) is 0 Å². The lowest BCUT2D eigenvalue weighted by Gasteiger charge is -2.31. The highest BCUT2D eigenvalue weighted by Crippen LogP contribution is 2.41. The topological polar surface area (TPSA) is 29.6 Å². The van der Waals surface area contributed by atoms with Crippen LogP contribution in [0.2, 0.25) is 0 Å². The highest BCUT2D eigenvalue weighted by Gasteiger charge is 2.52. The van der Waals surface area contributed by atoms with Crippen LogP contribution in [0.15, 0.2) is 133 Å². The molecular weight excluding hydrogens is 815 g/mol. The normalized spacial score (nSPS) is 14.5.